The molecule has 0 radical (unpaired) electrons. The van der Waals surface area contributed by atoms with Crippen LogP contribution in [0.2, 0.25) is 5.02 Å². The second kappa shape index (κ2) is 48.2. The summed E-state index contributed by atoms with van der Waals surface area (Å²) in [7, 11) is 3.71. The van der Waals surface area contributed by atoms with Crippen molar-refractivity contribution in [3.8, 4) is 39.8 Å². The average Bonchev–Trinajstić information content (AvgIpc) is 0.788. The third-order valence-electron chi connectivity index (χ3n) is 15.3. The summed E-state index contributed by atoms with van der Waals surface area (Å²) in [6, 6.07) is 19.8. The number of phenols is 2. The van der Waals surface area contributed by atoms with Crippen LogP contribution < -0.4 is 33.2 Å². The van der Waals surface area contributed by atoms with Gasteiger partial charge in [-0.15, -0.1) is 24.8 Å². The molecule has 33 heteroatoms. The van der Waals surface area contributed by atoms with E-state index in [1.807, 2.05) is 24.3 Å². The molecule has 107 heavy (non-hydrogen) atoms. The molecule has 594 valence electrons. The number of hydrogen-bond acceptors (Lipinski definition) is 25. The number of aldehydes is 1. The average molecular weight is 1570 g/mol. The number of carbonyl (C=O) groups is 12. The molecule has 4 aromatic carbocycles. The molecule has 3 unspecified atom stereocenters. The first kappa shape index (κ1) is 99.9. The molecule has 4 aromatic rings. The molecule has 12 atom stereocenters. The zero-order chi connectivity index (χ0) is 80.6. The van der Waals surface area contributed by atoms with Crippen molar-refractivity contribution in [1.29, 1.82) is 5.26 Å². The molecule has 1 aliphatic heterocycles. The molecule has 15 N–H and O–H groups in total. The molecular weight excluding hydrogens is 1460 g/mol. The van der Waals surface area contributed by atoms with Gasteiger partial charge in [-0.25, -0.2) is 24.0 Å². The molecule has 30 nitrogen and oxygen atoms in total. The number of nitriles is 1. The fourth-order valence-corrected chi connectivity index (χ4v) is 9.62. The number of ketones is 4. The van der Waals surface area contributed by atoms with E-state index in [-0.39, 0.29) is 78.0 Å². The van der Waals surface area contributed by atoms with Gasteiger partial charge in [0.05, 0.1) is 38.4 Å². The summed E-state index contributed by atoms with van der Waals surface area (Å²) in [6.07, 6.45) is -4.01. The van der Waals surface area contributed by atoms with Crippen molar-refractivity contribution in [2.45, 2.75) is 194 Å². The number of Topliss-reactive ketones (excluding diaryl/α,β-unsaturated/α-hetero) is 4. The van der Waals surface area contributed by atoms with E-state index in [1.165, 1.54) is 84.0 Å². The molecule has 0 aliphatic carbocycles. The van der Waals surface area contributed by atoms with Crippen molar-refractivity contribution in [2.24, 2.45) is 35.0 Å². The Hall–Kier alpha value is -9.16. The SMILES string of the molecule is COC(=O)C(=O)[C@H](C)CC(=O)[C@@H]1Cc2ccc(O)c(c2)-c2cc(ccc2O)[C@H](N(C)C(=O)[C@H](CCCCN)CC(=O)c2ccc(-c3ccc(Cl)cc3)cc2)C(=O)C[C@@H](C)C(=O)N1.COC(=O)C(O)[C@H](C)N.C[C@@H](C=O)NC(=O)OC(C)(C)C.C[C@H](N)C(O)C(=O)O.C[C@H](NC(=O)OC(C)(C)C)C(O)C#N.Cl.Cl. The Kier molecular flexibility index (Phi) is 45.0. The minimum atomic E-state index is -1.44. The molecule has 0 spiro atoms. The van der Waals surface area contributed by atoms with Crippen molar-refractivity contribution < 1.29 is 107 Å². The van der Waals surface area contributed by atoms with Crippen LogP contribution in [0.5, 0.6) is 11.5 Å². The molecule has 0 fully saturated rings. The number of aliphatic hydroxyl groups is 3. The van der Waals surface area contributed by atoms with Crippen LogP contribution in [0.1, 0.15) is 149 Å². The summed E-state index contributed by atoms with van der Waals surface area (Å²) in [5.74, 6) is -9.91. The van der Waals surface area contributed by atoms with Gasteiger partial charge in [-0.05, 0) is 154 Å². The number of halogens is 3. The lowest BCUT2D eigenvalue weighted by molar-refractivity contribution is -0.153. The quantitative estimate of drug-likeness (QED) is 0.00679. The molecule has 4 bridgehead atoms. The van der Waals surface area contributed by atoms with Crippen LogP contribution in [-0.2, 0) is 68.5 Å². The van der Waals surface area contributed by atoms with Crippen molar-refractivity contribution in [3.63, 3.8) is 0 Å². The summed E-state index contributed by atoms with van der Waals surface area (Å²) >= 11 is 6.05. The number of alkyl carbamates (subject to hydrolysis) is 2. The van der Waals surface area contributed by atoms with Crippen LogP contribution in [0.4, 0.5) is 9.59 Å². The van der Waals surface area contributed by atoms with E-state index in [1.54, 1.807) is 84.9 Å². The molecule has 0 saturated carbocycles. The van der Waals surface area contributed by atoms with Gasteiger partial charge in [0.1, 0.15) is 35.0 Å². The molecular formula is C74H105Cl3N8O22. The topological polar surface area (TPSA) is 504 Å². The molecule has 0 aromatic heterocycles. The molecule has 1 aliphatic rings. The highest BCUT2D eigenvalue weighted by Gasteiger charge is 2.37. The zero-order valence-electron chi connectivity index (χ0n) is 62.8. The number of aliphatic carboxylic acids is 1. The third-order valence-corrected chi connectivity index (χ3v) is 15.6. The van der Waals surface area contributed by atoms with E-state index in [2.05, 4.69) is 25.4 Å². The number of carboxylic acid groups (broad SMARTS) is 1. The second-order valence-corrected chi connectivity index (χ2v) is 27.4. The predicted octanol–water partition coefficient (Wildman–Crippen LogP) is 6.95. The number of carbonyl (C=O) groups excluding carboxylic acids is 11. The highest BCUT2D eigenvalue weighted by atomic mass is 35.5. The minimum absolute atomic E-state index is 0. The first-order chi connectivity index (χ1) is 48.8. The number of fused-ring (bicyclic) bond motifs is 5. The Morgan fingerprint density at radius 1 is 0.729 bits per heavy atom. The number of aromatic hydroxyl groups is 2. The number of nitrogens with two attached hydrogens (primary N) is 3. The number of phenolic OH excluding ortho intramolecular Hbond substituents is 2. The number of aliphatic hydroxyl groups excluding tert-OH is 3. The number of methoxy groups -OCH3 is 2. The Morgan fingerprint density at radius 2 is 1.23 bits per heavy atom. The number of amides is 4. The van der Waals surface area contributed by atoms with Crippen molar-refractivity contribution in [2.75, 3.05) is 27.8 Å². The number of benzene rings is 4. The smallest absolute Gasteiger partial charge is 0.408 e. The number of likely N-dealkylation sites (N-methyl/N-ethyl adjacent to an activating group) is 1. The second-order valence-electron chi connectivity index (χ2n) is 27.0. The van der Waals surface area contributed by atoms with E-state index in [9.17, 15) is 67.7 Å². The van der Waals surface area contributed by atoms with Crippen LogP contribution in [0, 0.1) is 29.1 Å². The molecule has 5 rings (SSSR count). The van der Waals surface area contributed by atoms with Gasteiger partial charge in [-0.3, -0.25) is 28.8 Å². The standard InChI is InChI=1S/C48H52ClN3O10.C9H16N2O3.C8H15NO3.C5H11NO3.C4H9NO3.2ClH/c1-27(45(58)48(61)62-4)21-42(56)38-24-29-8-18-39(53)36(23-29)37-25-33(15-19-40(37)54)44(43(57)22-28(2)46(59)51-38)52(3)47(60)34(7-5-6-20-50)26-41(55)32-11-9-30(10-12-32)31-13-16-35(49)17-14-31;1-6(7(12)5-10)11-8(13)14-9(2,3)4;1-6(5-10)9-7(11)12-8(2,3)4;1-3(6)4(7)5(8)9-2;1-2(5)3(6)4(7)8;;/h8-19,23,25,27-28,34,38,44,53-54H,5-7,20-22,24,26,50H2,1-4H3,(H,51,59);6-7,12H,1-4H3,(H,11,13);5-6H,1-4H3,(H,9,11);3-4,7H,6H2,1-2H3;2-3,6H,5H2,1H3,(H,7,8);2*1H/t27-,28-,34-,38+,44+;6-,7?;6-;3-,4?;2-,3?;;/m10000../s1. The lowest BCUT2D eigenvalue weighted by Gasteiger charge is -2.32. The Bertz CT molecular complexity index is 3640. The van der Waals surface area contributed by atoms with Gasteiger partial charge < -0.3 is 92.4 Å². The van der Waals surface area contributed by atoms with Gasteiger partial charge >= 0.3 is 30.1 Å². The van der Waals surface area contributed by atoms with E-state index in [0.29, 0.717) is 48.2 Å². The van der Waals surface area contributed by atoms with Gasteiger partial charge in [0.2, 0.25) is 17.6 Å². The summed E-state index contributed by atoms with van der Waals surface area (Å²) in [4.78, 5) is 149. The number of carboxylic acids is 1. The lowest BCUT2D eigenvalue weighted by atomic mass is 9.87. The van der Waals surface area contributed by atoms with Gasteiger partial charge in [0, 0.05) is 77.9 Å². The van der Waals surface area contributed by atoms with Crippen molar-refractivity contribution in [1.82, 2.24) is 20.9 Å². The maximum Gasteiger partial charge on any atom is 0.408 e. The Labute approximate surface area is 640 Å². The van der Waals surface area contributed by atoms with E-state index in [0.717, 1.165) is 18.2 Å². The van der Waals surface area contributed by atoms with Crippen LogP contribution in [0.3, 0.4) is 0 Å². The number of rotatable bonds is 23. The monoisotopic (exact) mass is 1560 g/mol. The van der Waals surface area contributed by atoms with Crippen LogP contribution in [-0.4, -0.2) is 194 Å². The summed E-state index contributed by atoms with van der Waals surface area (Å²) < 4.78 is 18.6. The summed E-state index contributed by atoms with van der Waals surface area (Å²) in [5.41, 5.74) is 18.1. The van der Waals surface area contributed by atoms with E-state index < -0.39 is 149 Å². The van der Waals surface area contributed by atoms with Gasteiger partial charge in [0.25, 0.3) is 0 Å². The lowest BCUT2D eigenvalue weighted by Crippen LogP contribution is -2.46. The summed E-state index contributed by atoms with van der Waals surface area (Å²) in [5, 5.41) is 72.9. The molecule has 0 saturated heterocycles. The van der Waals surface area contributed by atoms with Crippen molar-refractivity contribution >= 4 is 108 Å². The highest BCUT2D eigenvalue weighted by molar-refractivity contribution is 6.34. The van der Waals surface area contributed by atoms with Gasteiger partial charge in [0.15, 0.2) is 35.7 Å². The number of ether oxygens (including phenoxy) is 4. The summed E-state index contributed by atoms with van der Waals surface area (Å²) in [6.45, 7) is 19.8. The highest BCUT2D eigenvalue weighted by Crippen LogP contribution is 2.40. The first-order valence-corrected chi connectivity index (χ1v) is 33.8. The maximum atomic E-state index is 14.6. The van der Waals surface area contributed by atoms with Crippen LogP contribution in [0.25, 0.3) is 22.3 Å². The number of hydrogen-bond donors (Lipinski definition) is 12. The number of nitrogens with zero attached hydrogens (tertiary/aromatic N) is 2. The third kappa shape index (κ3) is 35.9. The largest absolute Gasteiger partial charge is 0.507 e. The first-order valence-electron chi connectivity index (χ1n) is 33.5. The van der Waals surface area contributed by atoms with Crippen LogP contribution >= 0.6 is 36.4 Å². The maximum absolute atomic E-state index is 14.6. The zero-order valence-corrected chi connectivity index (χ0v) is 65.2. The fourth-order valence-electron chi connectivity index (χ4n) is 9.50. The minimum Gasteiger partial charge on any atom is -0.507 e. The van der Waals surface area contributed by atoms with E-state index >= 15 is 0 Å². The van der Waals surface area contributed by atoms with Gasteiger partial charge in [-0.1, -0.05) is 80.4 Å². The predicted molar refractivity (Wildman–Crippen MR) is 402 cm³/mol. The number of esters is 2. The Balaban J connectivity index is 0. The number of unbranched alkanes of at least 4 members (excludes halogenated alkanes) is 1. The molecule has 4 amide bonds. The van der Waals surface area contributed by atoms with Gasteiger partial charge in [-0.2, -0.15) is 5.26 Å². The molecule has 1 heterocycles. The Morgan fingerprint density at radius 3 is 1.68 bits per heavy atom. The van der Waals surface area contributed by atoms with Crippen molar-refractivity contribution in [3.05, 3.63) is 107 Å². The normalized spacial score (nSPS) is 16.3. The fraction of sp³-hybridized carbons (Fsp3) is 0.500. The van der Waals surface area contributed by atoms with E-state index in [4.69, 9.17) is 64.0 Å². The van der Waals surface area contributed by atoms with Crippen LogP contribution in [0.15, 0.2) is 84.9 Å². The number of nitrogens with one attached hydrogen (secondary N) is 3.